The van der Waals surface area contributed by atoms with Gasteiger partial charge in [-0.1, -0.05) is 18.2 Å². The molecule has 2 aromatic heterocycles. The molecular formula is C16H11N5O2. The Labute approximate surface area is 130 Å². The molecule has 112 valence electrons. The van der Waals surface area contributed by atoms with Crippen molar-refractivity contribution in [1.29, 1.82) is 0 Å². The molecule has 2 aromatic carbocycles. The van der Waals surface area contributed by atoms with Gasteiger partial charge in [0.1, 0.15) is 0 Å². The van der Waals surface area contributed by atoms with Crippen LogP contribution in [0.5, 0.6) is 0 Å². The Morgan fingerprint density at radius 1 is 1.09 bits per heavy atom. The monoisotopic (exact) mass is 305 g/mol. The van der Waals surface area contributed by atoms with E-state index in [0.717, 1.165) is 16.3 Å². The number of para-hydroxylation sites is 1. The zero-order valence-electron chi connectivity index (χ0n) is 11.9. The fraction of sp³-hybridized carbons (Fsp3) is 0. The second-order valence-corrected chi connectivity index (χ2v) is 5.12. The van der Waals surface area contributed by atoms with Crippen LogP contribution in [0, 0.1) is 10.1 Å². The van der Waals surface area contributed by atoms with Gasteiger partial charge < -0.3 is 5.73 Å². The molecule has 4 rings (SSSR count). The van der Waals surface area contributed by atoms with Gasteiger partial charge in [0, 0.05) is 17.5 Å². The van der Waals surface area contributed by atoms with Crippen LogP contribution in [0.1, 0.15) is 0 Å². The van der Waals surface area contributed by atoms with Crippen LogP contribution in [0.25, 0.3) is 27.6 Å². The molecule has 0 saturated carbocycles. The van der Waals surface area contributed by atoms with E-state index in [9.17, 15) is 10.1 Å². The smallest absolute Gasteiger partial charge is 0.269 e. The van der Waals surface area contributed by atoms with Gasteiger partial charge >= 0.3 is 0 Å². The van der Waals surface area contributed by atoms with Crippen molar-refractivity contribution in [1.82, 2.24) is 14.8 Å². The molecule has 0 spiro atoms. The molecule has 0 atom stereocenters. The number of nitrogens with two attached hydrogens (primary N) is 1. The molecular weight excluding hydrogens is 294 g/mol. The number of hydrogen-bond acceptors (Lipinski definition) is 5. The van der Waals surface area contributed by atoms with E-state index in [1.807, 2.05) is 30.3 Å². The standard InChI is InChI=1S/C16H11N5O2/c17-15-13-9-10-3-1-2-4-14(10)18-16(13)20(19-15)11-5-7-12(8-6-11)21(22)23/h1-9H,(H2,17,19). The number of non-ortho nitro benzene ring substituents is 1. The van der Waals surface area contributed by atoms with Gasteiger partial charge in [-0.2, -0.15) is 0 Å². The van der Waals surface area contributed by atoms with Crippen LogP contribution in [-0.2, 0) is 0 Å². The highest BCUT2D eigenvalue weighted by molar-refractivity contribution is 5.97. The second kappa shape index (κ2) is 4.77. The quantitative estimate of drug-likeness (QED) is 0.453. The van der Waals surface area contributed by atoms with E-state index in [1.165, 1.54) is 12.1 Å². The van der Waals surface area contributed by atoms with Gasteiger partial charge in [-0.15, -0.1) is 5.10 Å². The molecule has 7 heteroatoms. The van der Waals surface area contributed by atoms with Crippen LogP contribution in [-0.4, -0.2) is 19.7 Å². The zero-order chi connectivity index (χ0) is 16.0. The molecule has 0 saturated heterocycles. The van der Waals surface area contributed by atoms with Crippen LogP contribution in [0.3, 0.4) is 0 Å². The summed E-state index contributed by atoms with van der Waals surface area (Å²) < 4.78 is 1.60. The van der Waals surface area contributed by atoms with Crippen molar-refractivity contribution in [3.05, 3.63) is 64.7 Å². The number of anilines is 1. The fourth-order valence-electron chi connectivity index (χ4n) is 2.56. The highest BCUT2D eigenvalue weighted by Crippen LogP contribution is 2.26. The number of pyridine rings is 1. The Balaban J connectivity index is 1.96. The Kier molecular flexibility index (Phi) is 2.74. The summed E-state index contributed by atoms with van der Waals surface area (Å²) in [7, 11) is 0. The van der Waals surface area contributed by atoms with Crippen molar-refractivity contribution in [2.45, 2.75) is 0 Å². The van der Waals surface area contributed by atoms with Gasteiger partial charge in [0.05, 0.1) is 21.5 Å². The van der Waals surface area contributed by atoms with Gasteiger partial charge in [0.15, 0.2) is 11.5 Å². The Morgan fingerprint density at radius 2 is 1.83 bits per heavy atom. The summed E-state index contributed by atoms with van der Waals surface area (Å²) in [6.07, 6.45) is 0. The maximum atomic E-state index is 10.8. The summed E-state index contributed by atoms with van der Waals surface area (Å²) in [5.41, 5.74) is 8.15. The third-order valence-corrected chi connectivity index (χ3v) is 3.69. The zero-order valence-corrected chi connectivity index (χ0v) is 11.9. The molecule has 0 aliphatic carbocycles. The number of rotatable bonds is 2. The average molecular weight is 305 g/mol. The van der Waals surface area contributed by atoms with Gasteiger partial charge in [-0.25, -0.2) is 9.67 Å². The van der Waals surface area contributed by atoms with Crippen molar-refractivity contribution in [3.63, 3.8) is 0 Å². The fourth-order valence-corrected chi connectivity index (χ4v) is 2.56. The SMILES string of the molecule is Nc1nn(-c2ccc([N+](=O)[O-])cc2)c2nc3ccccc3cc12. The Hall–Kier alpha value is -3.48. The number of aromatic nitrogens is 3. The lowest BCUT2D eigenvalue weighted by molar-refractivity contribution is -0.384. The summed E-state index contributed by atoms with van der Waals surface area (Å²) in [5.74, 6) is 0.372. The van der Waals surface area contributed by atoms with Crippen LogP contribution in [0.2, 0.25) is 0 Å². The molecule has 0 radical (unpaired) electrons. The van der Waals surface area contributed by atoms with Crippen molar-refractivity contribution in [2.24, 2.45) is 0 Å². The summed E-state index contributed by atoms with van der Waals surface area (Å²) in [6, 6.07) is 15.8. The number of hydrogen-bond donors (Lipinski definition) is 1. The molecule has 0 amide bonds. The lowest BCUT2D eigenvalue weighted by atomic mass is 10.2. The van der Waals surface area contributed by atoms with Gasteiger partial charge in [0.25, 0.3) is 5.69 Å². The number of nitrogen functional groups attached to an aromatic ring is 1. The first-order chi connectivity index (χ1) is 11.1. The highest BCUT2D eigenvalue weighted by Gasteiger charge is 2.13. The maximum Gasteiger partial charge on any atom is 0.269 e. The van der Waals surface area contributed by atoms with E-state index in [2.05, 4.69) is 10.1 Å². The van der Waals surface area contributed by atoms with Gasteiger partial charge in [-0.3, -0.25) is 10.1 Å². The summed E-state index contributed by atoms with van der Waals surface area (Å²) >= 11 is 0. The topological polar surface area (TPSA) is 99.9 Å². The van der Waals surface area contributed by atoms with Crippen LogP contribution < -0.4 is 5.73 Å². The van der Waals surface area contributed by atoms with E-state index in [0.29, 0.717) is 17.2 Å². The summed E-state index contributed by atoms with van der Waals surface area (Å²) in [6.45, 7) is 0. The lowest BCUT2D eigenvalue weighted by Crippen LogP contribution is -1.99. The number of benzene rings is 2. The van der Waals surface area contributed by atoms with Crippen molar-refractivity contribution in [2.75, 3.05) is 5.73 Å². The maximum absolute atomic E-state index is 10.8. The van der Waals surface area contributed by atoms with Crippen molar-refractivity contribution >= 4 is 33.4 Å². The van der Waals surface area contributed by atoms with Crippen molar-refractivity contribution in [3.8, 4) is 5.69 Å². The van der Waals surface area contributed by atoms with Crippen LogP contribution >= 0.6 is 0 Å². The molecule has 4 aromatic rings. The lowest BCUT2D eigenvalue weighted by Gasteiger charge is -2.03. The summed E-state index contributed by atoms with van der Waals surface area (Å²) in [4.78, 5) is 14.9. The molecule has 0 aliphatic heterocycles. The molecule has 7 nitrogen and oxygen atoms in total. The predicted molar refractivity (Wildman–Crippen MR) is 87.4 cm³/mol. The van der Waals surface area contributed by atoms with E-state index in [-0.39, 0.29) is 5.69 Å². The minimum absolute atomic E-state index is 0.0246. The first kappa shape index (κ1) is 13.2. The second-order valence-electron chi connectivity index (χ2n) is 5.12. The molecule has 0 aliphatic rings. The van der Waals surface area contributed by atoms with E-state index in [4.69, 9.17) is 5.73 Å². The number of nitrogens with zero attached hydrogens (tertiary/aromatic N) is 4. The molecule has 0 fully saturated rings. The highest BCUT2D eigenvalue weighted by atomic mass is 16.6. The van der Waals surface area contributed by atoms with E-state index >= 15 is 0 Å². The predicted octanol–water partition coefficient (Wildman–Crippen LogP) is 3.06. The average Bonchev–Trinajstić information content (AvgIpc) is 2.89. The molecule has 2 N–H and O–H groups in total. The minimum atomic E-state index is -0.439. The van der Waals surface area contributed by atoms with Crippen LogP contribution in [0.4, 0.5) is 11.5 Å². The van der Waals surface area contributed by atoms with Crippen molar-refractivity contribution < 1.29 is 4.92 Å². The van der Waals surface area contributed by atoms with E-state index < -0.39 is 4.92 Å². The first-order valence-electron chi connectivity index (χ1n) is 6.92. The third-order valence-electron chi connectivity index (χ3n) is 3.69. The summed E-state index contributed by atoms with van der Waals surface area (Å²) in [5, 5.41) is 16.8. The Morgan fingerprint density at radius 3 is 2.57 bits per heavy atom. The number of nitro groups is 1. The minimum Gasteiger partial charge on any atom is -0.382 e. The Bertz CT molecular complexity index is 1050. The largest absolute Gasteiger partial charge is 0.382 e. The van der Waals surface area contributed by atoms with Gasteiger partial charge in [-0.05, 0) is 24.3 Å². The van der Waals surface area contributed by atoms with Gasteiger partial charge in [0.2, 0.25) is 0 Å². The first-order valence-corrected chi connectivity index (χ1v) is 6.92. The molecule has 0 unspecified atom stereocenters. The third kappa shape index (κ3) is 2.06. The van der Waals surface area contributed by atoms with Crippen LogP contribution in [0.15, 0.2) is 54.6 Å². The normalized spacial score (nSPS) is 11.1. The molecule has 2 heterocycles. The van der Waals surface area contributed by atoms with E-state index in [1.54, 1.807) is 16.8 Å². The molecule has 0 bridgehead atoms. The molecule has 23 heavy (non-hydrogen) atoms. The number of fused-ring (bicyclic) bond motifs is 2. The number of nitro benzene ring substituents is 1.